The molecular formula is C29H32O18. The van der Waals surface area contributed by atoms with Gasteiger partial charge in [0, 0.05) is 30.7 Å². The number of aliphatic carboxylic acids is 6. The lowest BCUT2D eigenvalue weighted by Crippen LogP contribution is -2.70. The lowest BCUT2D eigenvalue weighted by atomic mass is 9.56. The topological polar surface area (TPSA) is 309 Å². The molecule has 1 heterocycles. The number of carbonyl (C=O) groups excluding carboxylic acids is 1. The van der Waals surface area contributed by atoms with Gasteiger partial charge in [-0.3, -0.25) is 4.79 Å². The quantitative estimate of drug-likeness (QED) is 0.0513. The fraction of sp³-hybridized carbons (Fsp3) is 0.345. The van der Waals surface area contributed by atoms with Gasteiger partial charge in [0.15, 0.2) is 11.2 Å². The number of carboxylic acids is 6. The number of rotatable bonds is 19. The Hall–Kier alpha value is -5.75. The van der Waals surface area contributed by atoms with Crippen LogP contribution in [0, 0.1) is 5.41 Å². The summed E-state index contributed by atoms with van der Waals surface area (Å²) >= 11 is 0. The summed E-state index contributed by atoms with van der Waals surface area (Å²) in [6, 6.07) is 0. The Morgan fingerprint density at radius 2 is 1.04 bits per heavy atom. The predicted octanol–water partition coefficient (Wildman–Crippen LogP) is 0.0824. The van der Waals surface area contributed by atoms with Crippen molar-refractivity contribution >= 4 is 41.8 Å². The van der Waals surface area contributed by atoms with E-state index >= 15 is 0 Å². The third-order valence-corrected chi connectivity index (χ3v) is 6.74. The monoisotopic (exact) mass is 668 g/mol. The normalized spacial score (nSPS) is 20.4. The van der Waals surface area contributed by atoms with E-state index in [0.29, 0.717) is 49.0 Å². The minimum Gasteiger partial charge on any atom is -0.485 e. The van der Waals surface area contributed by atoms with Gasteiger partial charge >= 0.3 is 41.8 Å². The van der Waals surface area contributed by atoms with E-state index in [1.54, 1.807) is 0 Å². The highest BCUT2D eigenvalue weighted by Crippen LogP contribution is 2.54. The molecule has 8 N–H and O–H groups in total. The van der Waals surface area contributed by atoms with Crippen molar-refractivity contribution in [3.05, 3.63) is 73.3 Å². The standard InChI is InChI=1S/C29H32O18/c30-17-29(26(44)18-3-1-2-4-25(43)47-18,27(11-5-19(31)32,12-6-20(33)34)45-15-9-23(39)40)28(13-7-21(35)36,14-8-22(37)38)46-16-10-24(41)42/h5-16,18,26,30,44H,1-4,17H2,(H,31,32)(H,33,34)(H,35,36)(H,37,38)(H,39,40)(H,41,42). The molecule has 0 bridgehead atoms. The molecule has 2 atom stereocenters. The van der Waals surface area contributed by atoms with Crippen LogP contribution in [-0.2, 0) is 47.8 Å². The van der Waals surface area contributed by atoms with Crippen LogP contribution in [-0.4, -0.2) is 113 Å². The van der Waals surface area contributed by atoms with Crippen LogP contribution in [0.15, 0.2) is 73.3 Å². The minimum absolute atomic E-state index is 0.156. The van der Waals surface area contributed by atoms with Crippen molar-refractivity contribution in [2.24, 2.45) is 5.41 Å². The third kappa shape index (κ3) is 10.7. The Morgan fingerprint density at radius 3 is 1.36 bits per heavy atom. The first-order valence-corrected chi connectivity index (χ1v) is 13.3. The Kier molecular flexibility index (Phi) is 14.8. The number of esters is 1. The summed E-state index contributed by atoms with van der Waals surface area (Å²) < 4.78 is 16.6. The summed E-state index contributed by atoms with van der Waals surface area (Å²) in [6.07, 6.45) is 0.248. The molecular weight excluding hydrogens is 636 g/mol. The second-order valence-corrected chi connectivity index (χ2v) is 9.64. The number of carboxylic acid groups (broad SMARTS) is 6. The molecule has 0 radical (unpaired) electrons. The SMILES string of the molecule is O=C(O)C=COC(C=CC(=O)O)(C=CC(=O)O)C(CO)(C(O)C1CCCCC(=O)O1)C(C=CC(=O)O)(C=CC(=O)O)OC=CC(=O)O. The number of ether oxygens (including phenoxy) is 3. The number of hydrogen-bond donors (Lipinski definition) is 8. The zero-order valence-electron chi connectivity index (χ0n) is 24.3. The Balaban J connectivity index is 4.78. The number of aliphatic hydroxyl groups excluding tert-OH is 2. The molecule has 47 heavy (non-hydrogen) atoms. The third-order valence-electron chi connectivity index (χ3n) is 6.74. The van der Waals surface area contributed by atoms with Crippen LogP contribution in [0.25, 0.3) is 0 Å². The molecule has 0 aromatic heterocycles. The molecule has 1 saturated heterocycles. The van der Waals surface area contributed by atoms with Crippen LogP contribution in [0.3, 0.4) is 0 Å². The minimum atomic E-state index is -3.11. The number of hydrogen-bond acceptors (Lipinski definition) is 12. The summed E-state index contributed by atoms with van der Waals surface area (Å²) in [5.74, 6) is -11.3. The van der Waals surface area contributed by atoms with E-state index in [4.69, 9.17) is 14.2 Å². The molecule has 1 fully saturated rings. The molecule has 18 heteroatoms. The lowest BCUT2D eigenvalue weighted by Gasteiger charge is -2.56. The maximum atomic E-state index is 12.5. The second kappa shape index (κ2) is 17.7. The largest absolute Gasteiger partial charge is 0.485 e. The molecule has 1 aliphatic rings. The summed E-state index contributed by atoms with van der Waals surface area (Å²) in [4.78, 5) is 82.4. The van der Waals surface area contributed by atoms with Crippen molar-refractivity contribution in [2.75, 3.05) is 6.61 Å². The van der Waals surface area contributed by atoms with Crippen LogP contribution < -0.4 is 0 Å². The summed E-state index contributed by atoms with van der Waals surface area (Å²) in [5.41, 5.74) is -9.19. The maximum absolute atomic E-state index is 12.5. The molecule has 0 amide bonds. The summed E-state index contributed by atoms with van der Waals surface area (Å²) in [6.45, 7) is -1.63. The first kappa shape index (κ1) is 39.3. The summed E-state index contributed by atoms with van der Waals surface area (Å²) in [7, 11) is 0. The molecule has 0 saturated carbocycles. The van der Waals surface area contributed by atoms with Gasteiger partial charge in [-0.25, -0.2) is 28.8 Å². The van der Waals surface area contributed by atoms with Crippen molar-refractivity contribution in [2.45, 2.75) is 49.1 Å². The highest BCUT2D eigenvalue weighted by atomic mass is 16.6. The van der Waals surface area contributed by atoms with Crippen LogP contribution in [0.5, 0.6) is 0 Å². The van der Waals surface area contributed by atoms with Crippen molar-refractivity contribution < 1.29 is 88.6 Å². The Bertz CT molecular complexity index is 1250. The van der Waals surface area contributed by atoms with E-state index in [1.807, 2.05) is 0 Å². The highest BCUT2D eigenvalue weighted by molar-refractivity contribution is 5.83. The van der Waals surface area contributed by atoms with Gasteiger partial charge in [0.25, 0.3) is 0 Å². The van der Waals surface area contributed by atoms with Crippen molar-refractivity contribution in [1.82, 2.24) is 0 Å². The molecule has 1 aliphatic heterocycles. The van der Waals surface area contributed by atoms with Gasteiger partial charge in [-0.15, -0.1) is 0 Å². The van der Waals surface area contributed by atoms with Crippen molar-refractivity contribution in [3.8, 4) is 0 Å². The molecule has 2 unspecified atom stereocenters. The zero-order chi connectivity index (χ0) is 35.8. The number of carbonyl (C=O) groups is 7. The predicted molar refractivity (Wildman–Crippen MR) is 152 cm³/mol. The second-order valence-electron chi connectivity index (χ2n) is 9.64. The first-order chi connectivity index (χ1) is 22.0. The number of cyclic esters (lactones) is 1. The Labute approximate surface area is 265 Å². The van der Waals surface area contributed by atoms with Gasteiger partial charge in [0.05, 0.1) is 31.3 Å². The number of aliphatic hydroxyl groups is 2. The van der Waals surface area contributed by atoms with Crippen molar-refractivity contribution in [3.63, 3.8) is 0 Å². The average molecular weight is 669 g/mol. The first-order valence-electron chi connectivity index (χ1n) is 13.3. The molecule has 0 aromatic rings. The molecule has 0 aromatic carbocycles. The Morgan fingerprint density at radius 1 is 0.681 bits per heavy atom. The molecule has 0 aliphatic carbocycles. The van der Waals surface area contributed by atoms with Gasteiger partial charge in [0.2, 0.25) is 0 Å². The van der Waals surface area contributed by atoms with Gasteiger partial charge in [0.1, 0.15) is 17.6 Å². The molecule has 256 valence electrons. The zero-order valence-corrected chi connectivity index (χ0v) is 24.3. The van der Waals surface area contributed by atoms with Crippen LogP contribution >= 0.6 is 0 Å². The van der Waals surface area contributed by atoms with Gasteiger partial charge in [-0.2, -0.15) is 0 Å². The van der Waals surface area contributed by atoms with E-state index in [1.165, 1.54) is 0 Å². The van der Waals surface area contributed by atoms with Crippen molar-refractivity contribution in [1.29, 1.82) is 0 Å². The van der Waals surface area contributed by atoms with E-state index in [0.717, 1.165) is 0 Å². The summed E-state index contributed by atoms with van der Waals surface area (Å²) in [5, 5.41) is 80.1. The fourth-order valence-corrected chi connectivity index (χ4v) is 4.81. The van der Waals surface area contributed by atoms with Gasteiger partial charge in [-0.1, -0.05) is 0 Å². The lowest BCUT2D eigenvalue weighted by molar-refractivity contribution is -0.223. The van der Waals surface area contributed by atoms with E-state index in [9.17, 15) is 74.4 Å². The van der Waals surface area contributed by atoms with Gasteiger partial charge in [-0.05, 0) is 43.6 Å². The average Bonchev–Trinajstić information content (AvgIpc) is 3.20. The fourth-order valence-electron chi connectivity index (χ4n) is 4.81. The molecule has 1 rings (SSSR count). The van der Waals surface area contributed by atoms with E-state index in [-0.39, 0.29) is 50.0 Å². The van der Waals surface area contributed by atoms with Crippen LogP contribution in [0.2, 0.25) is 0 Å². The van der Waals surface area contributed by atoms with Gasteiger partial charge < -0.3 is 55.1 Å². The van der Waals surface area contributed by atoms with E-state index < -0.39 is 77.2 Å². The maximum Gasteiger partial charge on any atom is 0.331 e. The molecule has 0 spiro atoms. The smallest absolute Gasteiger partial charge is 0.331 e. The van der Waals surface area contributed by atoms with E-state index in [2.05, 4.69) is 0 Å². The highest BCUT2D eigenvalue weighted by Gasteiger charge is 2.68. The van der Waals surface area contributed by atoms with Crippen LogP contribution in [0.1, 0.15) is 25.7 Å². The van der Waals surface area contributed by atoms with Crippen LogP contribution in [0.4, 0.5) is 0 Å². The molecule has 18 nitrogen and oxygen atoms in total.